The zero-order valence-electron chi connectivity index (χ0n) is 10.9. The monoisotopic (exact) mass is 225 g/mol. The number of unbranched alkanes of at least 4 members (excludes halogenated alkanes) is 1. The molecule has 0 heterocycles. The molecular weight excluding hydrogens is 198 g/mol. The predicted molar refractivity (Wildman–Crippen MR) is 69.4 cm³/mol. The minimum Gasteiger partial charge on any atom is -0.377 e. The van der Waals surface area contributed by atoms with Gasteiger partial charge in [0, 0.05) is 13.2 Å². The lowest BCUT2D eigenvalue weighted by molar-refractivity contribution is -0.0679. The number of ether oxygens (including phenoxy) is 1. The van der Waals surface area contributed by atoms with Crippen LogP contribution in [0, 0.1) is 5.92 Å². The van der Waals surface area contributed by atoms with Gasteiger partial charge in [-0.2, -0.15) is 0 Å². The summed E-state index contributed by atoms with van der Waals surface area (Å²) in [6.07, 6.45) is 9.96. The van der Waals surface area contributed by atoms with Gasteiger partial charge in [-0.15, -0.1) is 6.58 Å². The zero-order chi connectivity index (χ0) is 12.0. The van der Waals surface area contributed by atoms with Gasteiger partial charge in [0.05, 0.1) is 5.60 Å². The summed E-state index contributed by atoms with van der Waals surface area (Å²) in [6.45, 7) is 6.07. The van der Waals surface area contributed by atoms with E-state index in [9.17, 15) is 0 Å². The fourth-order valence-electron chi connectivity index (χ4n) is 2.72. The van der Waals surface area contributed by atoms with Crippen LogP contribution in [0.5, 0.6) is 0 Å². The van der Waals surface area contributed by atoms with Crippen molar-refractivity contribution < 1.29 is 4.74 Å². The van der Waals surface area contributed by atoms with Gasteiger partial charge >= 0.3 is 0 Å². The Balaban J connectivity index is 2.47. The normalized spacial score (nSPS) is 32.3. The Kier molecular flexibility index (Phi) is 5.50. The van der Waals surface area contributed by atoms with Crippen molar-refractivity contribution in [3.63, 3.8) is 0 Å². The lowest BCUT2D eigenvalue weighted by atomic mass is 9.74. The summed E-state index contributed by atoms with van der Waals surface area (Å²) in [4.78, 5) is 0. The first-order chi connectivity index (χ1) is 7.64. The summed E-state index contributed by atoms with van der Waals surface area (Å²) in [6, 6.07) is 0.185. The van der Waals surface area contributed by atoms with Crippen LogP contribution < -0.4 is 5.73 Å². The molecule has 0 bridgehead atoms. The first kappa shape index (κ1) is 13.7. The number of hydrogen-bond donors (Lipinski definition) is 1. The maximum absolute atomic E-state index is 6.32. The number of hydrogen-bond acceptors (Lipinski definition) is 2. The molecule has 1 unspecified atom stereocenters. The smallest absolute Gasteiger partial charge is 0.0829 e. The van der Waals surface area contributed by atoms with E-state index < -0.39 is 0 Å². The molecule has 94 valence electrons. The molecule has 0 aliphatic heterocycles. The van der Waals surface area contributed by atoms with Crippen molar-refractivity contribution in [1.29, 1.82) is 0 Å². The van der Waals surface area contributed by atoms with Gasteiger partial charge in [-0.1, -0.05) is 13.0 Å². The Labute approximate surface area is 100 Å². The molecule has 16 heavy (non-hydrogen) atoms. The molecule has 1 atom stereocenters. The van der Waals surface area contributed by atoms with Gasteiger partial charge in [-0.25, -0.2) is 0 Å². The van der Waals surface area contributed by atoms with Crippen molar-refractivity contribution in [1.82, 2.24) is 0 Å². The van der Waals surface area contributed by atoms with Crippen molar-refractivity contribution in [3.05, 3.63) is 12.7 Å². The molecule has 0 radical (unpaired) electrons. The Morgan fingerprint density at radius 1 is 1.50 bits per heavy atom. The van der Waals surface area contributed by atoms with Crippen LogP contribution in [-0.2, 0) is 4.74 Å². The van der Waals surface area contributed by atoms with E-state index in [1.165, 1.54) is 12.8 Å². The van der Waals surface area contributed by atoms with Crippen LogP contribution >= 0.6 is 0 Å². The summed E-state index contributed by atoms with van der Waals surface area (Å²) in [7, 11) is 1.82. The minimum absolute atomic E-state index is 0.0479. The SMILES string of the molecule is C=CCCCC(N)C1(OC)CCC(C)CC1. The van der Waals surface area contributed by atoms with E-state index in [1.807, 2.05) is 13.2 Å². The highest BCUT2D eigenvalue weighted by Crippen LogP contribution is 2.37. The second-order valence-electron chi connectivity index (χ2n) is 5.28. The van der Waals surface area contributed by atoms with Gasteiger partial charge in [0.25, 0.3) is 0 Å². The van der Waals surface area contributed by atoms with Gasteiger partial charge in [0.1, 0.15) is 0 Å². The van der Waals surface area contributed by atoms with Crippen molar-refractivity contribution >= 4 is 0 Å². The molecule has 1 saturated carbocycles. The quantitative estimate of drug-likeness (QED) is 0.556. The van der Waals surface area contributed by atoms with Crippen LogP contribution in [0.1, 0.15) is 51.9 Å². The second-order valence-corrected chi connectivity index (χ2v) is 5.28. The average Bonchev–Trinajstić information content (AvgIpc) is 2.31. The molecule has 0 spiro atoms. The van der Waals surface area contributed by atoms with E-state index in [1.54, 1.807) is 0 Å². The predicted octanol–water partition coefficient (Wildman–Crippen LogP) is 3.27. The zero-order valence-corrected chi connectivity index (χ0v) is 10.9. The van der Waals surface area contributed by atoms with Gasteiger partial charge < -0.3 is 10.5 Å². The molecule has 0 saturated heterocycles. The topological polar surface area (TPSA) is 35.2 Å². The van der Waals surface area contributed by atoms with Crippen molar-refractivity contribution in [3.8, 4) is 0 Å². The Bertz CT molecular complexity index is 207. The van der Waals surface area contributed by atoms with Gasteiger partial charge in [-0.05, 0) is 50.9 Å². The number of nitrogens with two attached hydrogens (primary N) is 1. The maximum Gasteiger partial charge on any atom is 0.0829 e. The van der Waals surface area contributed by atoms with Gasteiger partial charge in [0.15, 0.2) is 0 Å². The van der Waals surface area contributed by atoms with Crippen molar-refractivity contribution in [2.75, 3.05) is 7.11 Å². The number of methoxy groups -OCH3 is 1. The summed E-state index contributed by atoms with van der Waals surface area (Å²) in [5.41, 5.74) is 6.27. The summed E-state index contributed by atoms with van der Waals surface area (Å²) in [5.74, 6) is 0.837. The number of rotatable bonds is 6. The first-order valence-electron chi connectivity index (χ1n) is 6.56. The first-order valence-corrected chi connectivity index (χ1v) is 6.56. The van der Waals surface area contributed by atoms with E-state index >= 15 is 0 Å². The van der Waals surface area contributed by atoms with E-state index in [0.29, 0.717) is 0 Å². The largest absolute Gasteiger partial charge is 0.377 e. The third kappa shape index (κ3) is 3.33. The molecule has 2 N–H and O–H groups in total. The Morgan fingerprint density at radius 2 is 2.12 bits per heavy atom. The van der Waals surface area contributed by atoms with Gasteiger partial charge in [-0.3, -0.25) is 0 Å². The summed E-state index contributed by atoms with van der Waals surface area (Å²) >= 11 is 0. The highest BCUT2D eigenvalue weighted by atomic mass is 16.5. The van der Waals surface area contributed by atoms with Gasteiger partial charge in [0.2, 0.25) is 0 Å². The molecule has 1 fully saturated rings. The van der Waals surface area contributed by atoms with Crippen LogP contribution in [0.25, 0.3) is 0 Å². The molecule has 1 aliphatic rings. The molecule has 0 amide bonds. The fraction of sp³-hybridized carbons (Fsp3) is 0.857. The minimum atomic E-state index is -0.0479. The van der Waals surface area contributed by atoms with Crippen LogP contribution in [0.4, 0.5) is 0 Å². The second kappa shape index (κ2) is 6.41. The highest BCUT2D eigenvalue weighted by molar-refractivity contribution is 4.94. The highest BCUT2D eigenvalue weighted by Gasteiger charge is 2.39. The standard InChI is InChI=1S/C14H27NO/c1-4-5-6-7-13(15)14(16-3)10-8-12(2)9-11-14/h4,12-13H,1,5-11,15H2,2-3H3. The van der Waals surface area contributed by atoms with E-state index in [-0.39, 0.29) is 11.6 Å². The van der Waals surface area contributed by atoms with E-state index in [2.05, 4.69) is 13.5 Å². The molecule has 0 aromatic carbocycles. The molecule has 2 nitrogen and oxygen atoms in total. The van der Waals surface area contributed by atoms with Crippen LogP contribution in [0.15, 0.2) is 12.7 Å². The number of allylic oxidation sites excluding steroid dienone is 1. The Morgan fingerprint density at radius 3 is 2.62 bits per heavy atom. The molecule has 0 aromatic rings. The molecule has 0 aromatic heterocycles. The molecule has 1 aliphatic carbocycles. The average molecular weight is 225 g/mol. The lowest BCUT2D eigenvalue weighted by Crippen LogP contribution is -2.51. The third-order valence-electron chi connectivity index (χ3n) is 4.13. The van der Waals surface area contributed by atoms with Crippen LogP contribution in [0.2, 0.25) is 0 Å². The van der Waals surface area contributed by atoms with E-state index in [4.69, 9.17) is 10.5 Å². The fourth-order valence-corrected chi connectivity index (χ4v) is 2.72. The maximum atomic E-state index is 6.32. The lowest BCUT2D eigenvalue weighted by Gasteiger charge is -2.42. The molecular formula is C14H27NO. The molecule has 2 heteroatoms. The van der Waals surface area contributed by atoms with Crippen LogP contribution in [0.3, 0.4) is 0 Å². The summed E-state index contributed by atoms with van der Waals surface area (Å²) < 4.78 is 5.77. The summed E-state index contributed by atoms with van der Waals surface area (Å²) in [5, 5.41) is 0. The molecule has 1 rings (SSSR count). The Hall–Kier alpha value is -0.340. The van der Waals surface area contributed by atoms with Crippen LogP contribution in [-0.4, -0.2) is 18.8 Å². The van der Waals surface area contributed by atoms with Crippen molar-refractivity contribution in [2.45, 2.75) is 63.5 Å². The van der Waals surface area contributed by atoms with Crippen molar-refractivity contribution in [2.24, 2.45) is 11.7 Å². The third-order valence-corrected chi connectivity index (χ3v) is 4.13. The van der Waals surface area contributed by atoms with E-state index in [0.717, 1.165) is 38.0 Å².